The van der Waals surface area contributed by atoms with Gasteiger partial charge in [0.25, 0.3) is 5.69 Å². The number of aromatic nitrogens is 4. The first-order chi connectivity index (χ1) is 24.0. The molecule has 4 heterocycles. The van der Waals surface area contributed by atoms with Gasteiger partial charge < -0.3 is 19.7 Å². The van der Waals surface area contributed by atoms with E-state index in [0.717, 1.165) is 27.7 Å². The van der Waals surface area contributed by atoms with E-state index >= 15 is 0 Å². The number of nitrogens with one attached hydrogen (secondary N) is 1. The number of carbonyl (C=O) groups is 1. The van der Waals surface area contributed by atoms with Crippen LogP contribution in [0.5, 0.6) is 11.5 Å². The van der Waals surface area contributed by atoms with Crippen LogP contribution >= 0.6 is 0 Å². The van der Waals surface area contributed by atoms with Crippen molar-refractivity contribution in [2.75, 3.05) is 31.3 Å². The van der Waals surface area contributed by atoms with Crippen LogP contribution in [0.2, 0.25) is 0 Å². The molecule has 1 saturated heterocycles. The van der Waals surface area contributed by atoms with Crippen molar-refractivity contribution in [1.29, 1.82) is 0 Å². The lowest BCUT2D eigenvalue weighted by Crippen LogP contribution is -2.54. The fraction of sp³-hybridized carbons (Fsp3) is 0.222. The summed E-state index contributed by atoms with van der Waals surface area (Å²) in [6.07, 6.45) is 7.06. The molecule has 1 unspecified atom stereocenters. The predicted octanol–water partition coefficient (Wildman–Crippen LogP) is 5.00. The number of ether oxygens (including phenoxy) is 2. The van der Waals surface area contributed by atoms with Crippen LogP contribution in [-0.2, 0) is 17.9 Å². The van der Waals surface area contributed by atoms with Gasteiger partial charge in [-0.05, 0) is 52.2 Å². The minimum absolute atomic E-state index is 0.0929. The third-order valence-corrected chi connectivity index (χ3v) is 9.15. The second kappa shape index (κ2) is 12.8. The number of nitro groups is 1. The summed E-state index contributed by atoms with van der Waals surface area (Å²) in [5.41, 5.74) is 2.06. The molecule has 13 heteroatoms. The van der Waals surface area contributed by atoms with Gasteiger partial charge in [0.05, 0.1) is 21.7 Å². The average molecular weight is 657 g/mol. The van der Waals surface area contributed by atoms with Gasteiger partial charge in [-0.25, -0.2) is 9.97 Å². The van der Waals surface area contributed by atoms with E-state index in [1.54, 1.807) is 29.5 Å². The first-order valence-electron chi connectivity index (χ1n) is 16.0. The lowest BCUT2D eigenvalue weighted by molar-refractivity contribution is -0.381. The lowest BCUT2D eigenvalue weighted by atomic mass is 9.94. The van der Waals surface area contributed by atoms with Crippen molar-refractivity contribution in [3.63, 3.8) is 0 Å². The van der Waals surface area contributed by atoms with Crippen molar-refractivity contribution < 1.29 is 19.2 Å². The van der Waals surface area contributed by atoms with Gasteiger partial charge in [-0.15, -0.1) is 0 Å². The molecule has 13 nitrogen and oxygen atoms in total. The number of hydrogen-bond donors (Lipinski definition) is 1. The van der Waals surface area contributed by atoms with Crippen molar-refractivity contribution in [3.05, 3.63) is 119 Å². The van der Waals surface area contributed by atoms with Crippen molar-refractivity contribution in [2.45, 2.75) is 25.6 Å². The molecule has 2 aromatic heterocycles. The fourth-order valence-electron chi connectivity index (χ4n) is 6.86. The number of piperazine rings is 1. The maximum Gasteiger partial charge on any atom is 0.284 e. The number of carbonyl (C=O) groups excluding carboxylic acids is 1. The number of nitro benzene ring substituents is 1. The lowest BCUT2D eigenvalue weighted by Gasteiger charge is -2.42. The molecular weight excluding hydrogens is 624 g/mol. The van der Waals surface area contributed by atoms with Crippen LogP contribution in [0.1, 0.15) is 17.5 Å². The molecule has 8 rings (SSSR count). The Morgan fingerprint density at radius 1 is 0.939 bits per heavy atom. The van der Waals surface area contributed by atoms with Crippen molar-refractivity contribution in [2.24, 2.45) is 0 Å². The average Bonchev–Trinajstić information content (AvgIpc) is 3.84. The number of amides is 1. The number of anilines is 1. The molecule has 4 aromatic carbocycles. The molecule has 6 aromatic rings. The zero-order valence-corrected chi connectivity index (χ0v) is 26.4. The Labute approximate surface area is 280 Å². The number of hydrogen-bond acceptors (Lipinski definition) is 10. The SMILES string of the molecule is O=C(CC1CN(Cc2c3ccccc3c([N+](=O)[O-])c3ccccc23)CCN1c1ccnc(-n2ccnc2)n1)NCc1ccc2c(c1)OCO2. The molecule has 2 aliphatic heterocycles. The number of rotatable bonds is 9. The molecule has 246 valence electrons. The maximum atomic E-state index is 13.5. The Hall–Kier alpha value is -6.08. The van der Waals surface area contributed by atoms with E-state index in [-0.39, 0.29) is 35.8 Å². The summed E-state index contributed by atoms with van der Waals surface area (Å²) in [4.78, 5) is 43.4. The predicted molar refractivity (Wildman–Crippen MR) is 183 cm³/mol. The summed E-state index contributed by atoms with van der Waals surface area (Å²) in [5, 5.41) is 18.3. The van der Waals surface area contributed by atoms with E-state index in [1.165, 1.54) is 0 Å². The quantitative estimate of drug-likeness (QED) is 0.128. The Kier molecular flexibility index (Phi) is 7.93. The fourth-order valence-corrected chi connectivity index (χ4v) is 6.86. The van der Waals surface area contributed by atoms with Crippen LogP contribution in [-0.4, -0.2) is 67.7 Å². The summed E-state index contributed by atoms with van der Waals surface area (Å²) in [7, 11) is 0. The van der Waals surface area contributed by atoms with Crippen molar-refractivity contribution in [1.82, 2.24) is 29.7 Å². The highest BCUT2D eigenvalue weighted by molar-refractivity contribution is 6.11. The third kappa shape index (κ3) is 5.95. The van der Waals surface area contributed by atoms with Gasteiger partial charge in [0.1, 0.15) is 12.1 Å². The monoisotopic (exact) mass is 656 g/mol. The number of fused-ring (bicyclic) bond motifs is 3. The number of benzene rings is 4. The summed E-state index contributed by atoms with van der Waals surface area (Å²) in [6.45, 7) is 2.98. The van der Waals surface area contributed by atoms with Gasteiger partial charge in [-0.3, -0.25) is 24.4 Å². The first kappa shape index (κ1) is 30.3. The number of non-ortho nitro benzene ring substituents is 1. The highest BCUT2D eigenvalue weighted by Crippen LogP contribution is 2.39. The van der Waals surface area contributed by atoms with Crippen molar-refractivity contribution in [3.8, 4) is 17.4 Å². The number of imidazole rings is 1. The normalized spacial score (nSPS) is 15.9. The second-order valence-electron chi connectivity index (χ2n) is 12.1. The molecule has 49 heavy (non-hydrogen) atoms. The van der Waals surface area contributed by atoms with Crippen molar-refractivity contribution >= 4 is 39.0 Å². The summed E-state index contributed by atoms with van der Waals surface area (Å²) in [6, 6.07) is 22.4. The Bertz CT molecular complexity index is 2130. The molecule has 2 aliphatic rings. The zero-order valence-electron chi connectivity index (χ0n) is 26.4. The van der Waals surface area contributed by atoms with Crippen LogP contribution in [0.25, 0.3) is 27.5 Å². The molecule has 1 amide bonds. The van der Waals surface area contributed by atoms with E-state index in [4.69, 9.17) is 14.5 Å². The first-order valence-corrected chi connectivity index (χ1v) is 16.0. The molecule has 0 bridgehead atoms. The van der Waals surface area contributed by atoms with E-state index < -0.39 is 0 Å². The molecule has 0 aliphatic carbocycles. The maximum absolute atomic E-state index is 13.5. The largest absolute Gasteiger partial charge is 0.454 e. The summed E-state index contributed by atoms with van der Waals surface area (Å²) >= 11 is 0. The molecule has 1 fully saturated rings. The standard InChI is InChI=1S/C36H32N8O5/c45-34(39-19-24-9-10-31-32(17-24)49-23-48-31)18-25-20-41(15-16-43(25)33-11-12-38-36(40-33)42-14-13-37-22-42)21-30-26-5-1-3-7-28(26)35(44(46)47)29-8-4-2-6-27(29)30/h1-14,17,22,25H,15-16,18-21,23H2,(H,39,45). The van der Waals surface area contributed by atoms with E-state index in [2.05, 4.69) is 25.1 Å². The van der Waals surface area contributed by atoms with Crippen LogP contribution in [0.15, 0.2) is 97.7 Å². The van der Waals surface area contributed by atoms with E-state index in [1.807, 2.05) is 72.8 Å². The minimum atomic E-state index is -0.287. The van der Waals surface area contributed by atoms with Gasteiger partial charge in [0.2, 0.25) is 18.6 Å². The topological polar surface area (TPSA) is 141 Å². The van der Waals surface area contributed by atoms with Gasteiger partial charge in [-0.2, -0.15) is 4.98 Å². The van der Waals surface area contributed by atoms with Crippen LogP contribution in [0.4, 0.5) is 11.5 Å². The third-order valence-electron chi connectivity index (χ3n) is 9.15. The molecule has 0 radical (unpaired) electrons. The van der Waals surface area contributed by atoms with Gasteiger partial charge in [0, 0.05) is 57.7 Å². The zero-order chi connectivity index (χ0) is 33.3. The van der Waals surface area contributed by atoms with Gasteiger partial charge in [0.15, 0.2) is 11.5 Å². The van der Waals surface area contributed by atoms with Gasteiger partial charge >= 0.3 is 0 Å². The summed E-state index contributed by atoms with van der Waals surface area (Å²) in [5.74, 6) is 2.49. The highest BCUT2D eigenvalue weighted by atomic mass is 16.7. The van der Waals surface area contributed by atoms with Gasteiger partial charge in [-0.1, -0.05) is 42.5 Å². The number of nitrogens with zero attached hydrogens (tertiary/aromatic N) is 7. The molecule has 0 spiro atoms. The van der Waals surface area contributed by atoms with E-state index in [9.17, 15) is 14.9 Å². The molecular formula is C36H32N8O5. The molecule has 0 saturated carbocycles. The van der Waals surface area contributed by atoms with Crippen LogP contribution in [0.3, 0.4) is 0 Å². The Morgan fingerprint density at radius 3 is 2.43 bits per heavy atom. The van der Waals surface area contributed by atoms with Crippen LogP contribution in [0, 0.1) is 10.1 Å². The molecule has 1 N–H and O–H groups in total. The second-order valence-corrected chi connectivity index (χ2v) is 12.1. The van der Waals surface area contributed by atoms with E-state index in [0.29, 0.717) is 60.9 Å². The smallest absolute Gasteiger partial charge is 0.284 e. The minimum Gasteiger partial charge on any atom is -0.454 e. The summed E-state index contributed by atoms with van der Waals surface area (Å²) < 4.78 is 12.7. The highest BCUT2D eigenvalue weighted by Gasteiger charge is 2.31. The Morgan fingerprint density at radius 2 is 1.69 bits per heavy atom. The Balaban J connectivity index is 1.08. The molecule has 1 atom stereocenters. The van der Waals surface area contributed by atoms with Crippen LogP contribution < -0.4 is 19.7 Å².